The summed E-state index contributed by atoms with van der Waals surface area (Å²) in [5.74, 6) is 0. The number of hydrogen-bond acceptors (Lipinski definition) is 2. The third kappa shape index (κ3) is 0.749. The van der Waals surface area contributed by atoms with Gasteiger partial charge in [-0.25, -0.2) is 0 Å². The van der Waals surface area contributed by atoms with Crippen molar-refractivity contribution in [2.45, 2.75) is 0 Å². The highest BCUT2D eigenvalue weighted by Crippen LogP contribution is 2.27. The SMILES string of the molecule is C=Cc1ccc2ooc2c1C=C. The van der Waals surface area contributed by atoms with Gasteiger partial charge in [0.25, 0.3) is 0 Å². The maximum atomic E-state index is 4.82. The summed E-state index contributed by atoms with van der Waals surface area (Å²) in [6.45, 7) is 7.38. The van der Waals surface area contributed by atoms with Gasteiger partial charge < -0.3 is 0 Å². The molecule has 0 amide bonds. The molecule has 0 aliphatic heterocycles. The van der Waals surface area contributed by atoms with Crippen LogP contribution in [0, 0.1) is 0 Å². The van der Waals surface area contributed by atoms with E-state index in [2.05, 4.69) is 13.2 Å². The Balaban J connectivity index is 2.79. The topological polar surface area (TPSA) is 26.3 Å². The van der Waals surface area contributed by atoms with Crippen molar-refractivity contribution >= 4 is 23.3 Å². The molecule has 0 saturated heterocycles. The lowest BCUT2D eigenvalue weighted by molar-refractivity contribution is 0.0587. The summed E-state index contributed by atoms with van der Waals surface area (Å²) < 4.78 is 9.56. The molecule has 0 bridgehead atoms. The molecule has 60 valence electrons. The van der Waals surface area contributed by atoms with E-state index >= 15 is 0 Å². The van der Waals surface area contributed by atoms with Gasteiger partial charge in [-0.3, -0.25) is 9.15 Å². The molecule has 2 heteroatoms. The largest absolute Gasteiger partial charge is 0.286 e. The Hall–Kier alpha value is -1.70. The van der Waals surface area contributed by atoms with Crippen LogP contribution in [0.4, 0.5) is 0 Å². The van der Waals surface area contributed by atoms with Gasteiger partial charge in [-0.2, -0.15) is 0 Å². The smallest absolute Gasteiger partial charge is 0.233 e. The fourth-order valence-electron chi connectivity index (χ4n) is 1.19. The van der Waals surface area contributed by atoms with E-state index in [1.165, 1.54) is 0 Å². The van der Waals surface area contributed by atoms with E-state index in [9.17, 15) is 0 Å². The maximum absolute atomic E-state index is 4.82. The minimum Gasteiger partial charge on any atom is -0.286 e. The maximum Gasteiger partial charge on any atom is 0.233 e. The third-order valence-electron chi connectivity index (χ3n) is 1.83. The molecule has 2 aromatic rings. The lowest BCUT2D eigenvalue weighted by Crippen LogP contribution is -1.85. The van der Waals surface area contributed by atoms with Gasteiger partial charge in [-0.15, -0.1) is 0 Å². The highest BCUT2D eigenvalue weighted by molar-refractivity contribution is 5.86. The Bertz CT molecular complexity index is 432. The Morgan fingerprint density at radius 2 is 1.92 bits per heavy atom. The second-order valence-electron chi connectivity index (χ2n) is 2.47. The van der Waals surface area contributed by atoms with Crippen molar-refractivity contribution in [3.63, 3.8) is 0 Å². The molecule has 0 atom stereocenters. The monoisotopic (exact) mass is 160 g/mol. The second kappa shape index (κ2) is 2.41. The van der Waals surface area contributed by atoms with E-state index in [4.69, 9.17) is 9.15 Å². The van der Waals surface area contributed by atoms with Crippen LogP contribution < -0.4 is 0 Å². The lowest BCUT2D eigenvalue weighted by atomic mass is 10.1. The first kappa shape index (κ1) is 6.98. The standard InChI is InChI=1S/C10H8O2/c1-3-7-5-6-9-10(12-11-9)8(7)4-2/h3-6H,1-2H2. The molecule has 0 radical (unpaired) electrons. The number of fused-ring (bicyclic) bond motifs is 1. The molecule has 12 heavy (non-hydrogen) atoms. The van der Waals surface area contributed by atoms with E-state index in [0.717, 1.165) is 22.3 Å². The molecule has 1 aromatic carbocycles. The van der Waals surface area contributed by atoms with Crippen molar-refractivity contribution in [2.24, 2.45) is 0 Å². The predicted octanol–water partition coefficient (Wildman–Crippen LogP) is 3.31. The van der Waals surface area contributed by atoms with Gasteiger partial charge >= 0.3 is 0 Å². The summed E-state index contributed by atoms with van der Waals surface area (Å²) in [7, 11) is 0. The molecular weight excluding hydrogens is 152 g/mol. The molecule has 0 fully saturated rings. The van der Waals surface area contributed by atoms with Crippen molar-refractivity contribution in [3.05, 3.63) is 36.4 Å². The lowest BCUT2D eigenvalue weighted by Gasteiger charge is -2.04. The zero-order chi connectivity index (χ0) is 8.55. The molecule has 0 aliphatic carbocycles. The van der Waals surface area contributed by atoms with Crippen LogP contribution in [0.15, 0.2) is 34.4 Å². The zero-order valence-corrected chi connectivity index (χ0v) is 6.54. The Labute approximate surface area is 69.7 Å². The average molecular weight is 160 g/mol. The fourth-order valence-corrected chi connectivity index (χ4v) is 1.19. The van der Waals surface area contributed by atoms with E-state index in [0.29, 0.717) is 0 Å². The molecular formula is C10H8O2. The van der Waals surface area contributed by atoms with Crippen LogP contribution >= 0.6 is 0 Å². The van der Waals surface area contributed by atoms with Crippen LogP contribution in [0.2, 0.25) is 0 Å². The fraction of sp³-hybridized carbons (Fsp3) is 0. The first-order valence-corrected chi connectivity index (χ1v) is 3.63. The molecule has 1 heterocycles. The molecule has 2 nitrogen and oxygen atoms in total. The summed E-state index contributed by atoms with van der Waals surface area (Å²) in [5, 5.41) is 0. The van der Waals surface area contributed by atoms with Gasteiger partial charge in [0, 0.05) is 5.56 Å². The number of benzene rings is 1. The molecule has 0 unspecified atom stereocenters. The molecule has 1 aromatic heterocycles. The Morgan fingerprint density at radius 3 is 2.42 bits per heavy atom. The van der Waals surface area contributed by atoms with Gasteiger partial charge in [0.2, 0.25) is 11.2 Å². The number of rotatable bonds is 2. The Kier molecular flexibility index (Phi) is 1.40. The summed E-state index contributed by atoms with van der Waals surface area (Å²) in [4.78, 5) is 0. The predicted molar refractivity (Wildman–Crippen MR) is 48.7 cm³/mol. The van der Waals surface area contributed by atoms with E-state index in [-0.39, 0.29) is 0 Å². The first-order chi connectivity index (χ1) is 5.86. The quantitative estimate of drug-likeness (QED) is 0.630. The number of hydrogen-bond donors (Lipinski definition) is 0. The highest BCUT2D eigenvalue weighted by atomic mass is 17.0. The van der Waals surface area contributed by atoms with Crippen molar-refractivity contribution in [2.75, 3.05) is 0 Å². The Morgan fingerprint density at radius 1 is 1.08 bits per heavy atom. The van der Waals surface area contributed by atoms with Crippen molar-refractivity contribution in [1.29, 1.82) is 0 Å². The van der Waals surface area contributed by atoms with Crippen molar-refractivity contribution < 1.29 is 9.15 Å². The highest BCUT2D eigenvalue weighted by Gasteiger charge is 2.10. The third-order valence-corrected chi connectivity index (χ3v) is 1.83. The molecule has 0 N–H and O–H groups in total. The molecule has 0 saturated carbocycles. The summed E-state index contributed by atoms with van der Waals surface area (Å²) in [5.41, 5.74) is 3.46. The van der Waals surface area contributed by atoms with Crippen LogP contribution in [0.5, 0.6) is 0 Å². The van der Waals surface area contributed by atoms with E-state index in [1.54, 1.807) is 12.2 Å². The van der Waals surface area contributed by atoms with Crippen LogP contribution in [0.3, 0.4) is 0 Å². The van der Waals surface area contributed by atoms with Gasteiger partial charge in [0.1, 0.15) is 0 Å². The average Bonchev–Trinajstić information content (AvgIpc) is 2.06. The van der Waals surface area contributed by atoms with Crippen molar-refractivity contribution in [1.82, 2.24) is 0 Å². The van der Waals surface area contributed by atoms with E-state index < -0.39 is 0 Å². The minimum atomic E-state index is 0.752. The molecule has 2 rings (SSSR count). The van der Waals surface area contributed by atoms with E-state index in [1.807, 2.05) is 12.1 Å². The van der Waals surface area contributed by atoms with Crippen LogP contribution in [0.25, 0.3) is 23.3 Å². The molecule has 0 aliphatic rings. The zero-order valence-electron chi connectivity index (χ0n) is 6.54. The van der Waals surface area contributed by atoms with Gasteiger partial charge in [0.05, 0.1) is 0 Å². The van der Waals surface area contributed by atoms with Crippen molar-refractivity contribution in [3.8, 4) is 0 Å². The molecule has 0 spiro atoms. The second-order valence-corrected chi connectivity index (χ2v) is 2.47. The van der Waals surface area contributed by atoms with Gasteiger partial charge in [-0.1, -0.05) is 31.4 Å². The van der Waals surface area contributed by atoms with Gasteiger partial charge in [-0.05, 0) is 11.6 Å². The van der Waals surface area contributed by atoms with Crippen LogP contribution in [-0.4, -0.2) is 0 Å². The summed E-state index contributed by atoms with van der Waals surface area (Å²) in [6.07, 6.45) is 3.50. The minimum absolute atomic E-state index is 0.752. The van der Waals surface area contributed by atoms with Crippen LogP contribution in [0.1, 0.15) is 11.1 Å². The van der Waals surface area contributed by atoms with Crippen LogP contribution in [-0.2, 0) is 0 Å². The van der Waals surface area contributed by atoms with Gasteiger partial charge in [0.15, 0.2) is 0 Å². The first-order valence-electron chi connectivity index (χ1n) is 3.63. The summed E-state index contributed by atoms with van der Waals surface area (Å²) in [6, 6.07) is 3.77. The summed E-state index contributed by atoms with van der Waals surface area (Å²) >= 11 is 0. The normalized spacial score (nSPS) is 10.3.